The highest BCUT2D eigenvalue weighted by Gasteiger charge is 2.10. The van der Waals surface area contributed by atoms with E-state index in [0.29, 0.717) is 6.54 Å². The highest BCUT2D eigenvalue weighted by molar-refractivity contribution is 5.53. The maximum Gasteiger partial charge on any atom is 0.123 e. The van der Waals surface area contributed by atoms with Gasteiger partial charge in [-0.15, -0.1) is 0 Å². The lowest BCUT2D eigenvalue weighted by molar-refractivity contribution is 0.400. The van der Waals surface area contributed by atoms with Gasteiger partial charge in [-0.05, 0) is 64.8 Å². The second-order valence-electron chi connectivity index (χ2n) is 5.04. The van der Waals surface area contributed by atoms with Gasteiger partial charge in [0.1, 0.15) is 5.82 Å². The first-order chi connectivity index (χ1) is 9.08. The van der Waals surface area contributed by atoms with E-state index in [2.05, 4.69) is 36.1 Å². The number of benzene rings is 1. The van der Waals surface area contributed by atoms with Crippen LogP contribution >= 0.6 is 0 Å². The van der Waals surface area contributed by atoms with Gasteiger partial charge in [0.15, 0.2) is 0 Å². The average Bonchev–Trinajstić information content (AvgIpc) is 2.36. The number of hydrogen-bond acceptors (Lipinski definition) is 3. The predicted molar refractivity (Wildman–Crippen MR) is 80.2 cm³/mol. The molecule has 3 nitrogen and oxygen atoms in total. The Morgan fingerprint density at radius 2 is 1.95 bits per heavy atom. The maximum absolute atomic E-state index is 13.3. The molecule has 0 aliphatic carbocycles. The Hall–Kier alpha value is -1.13. The normalized spacial score (nSPS) is 11.1. The van der Waals surface area contributed by atoms with E-state index in [-0.39, 0.29) is 5.82 Å². The molecule has 0 aromatic heterocycles. The van der Waals surface area contributed by atoms with Crippen LogP contribution in [0, 0.1) is 5.82 Å². The summed E-state index contributed by atoms with van der Waals surface area (Å²) in [6, 6.07) is 5.06. The second kappa shape index (κ2) is 8.12. The maximum atomic E-state index is 13.3. The van der Waals surface area contributed by atoms with Gasteiger partial charge in [-0.25, -0.2) is 4.39 Å². The molecule has 1 aromatic rings. The third-order valence-electron chi connectivity index (χ3n) is 3.16. The van der Waals surface area contributed by atoms with Gasteiger partial charge in [-0.2, -0.15) is 0 Å². The molecule has 0 unspecified atom stereocenters. The van der Waals surface area contributed by atoms with Crippen LogP contribution < -0.4 is 10.2 Å². The lowest BCUT2D eigenvalue weighted by atomic mass is 10.1. The van der Waals surface area contributed by atoms with Crippen molar-refractivity contribution < 1.29 is 4.39 Å². The monoisotopic (exact) mass is 267 g/mol. The summed E-state index contributed by atoms with van der Waals surface area (Å²) >= 11 is 0. The third-order valence-corrected chi connectivity index (χ3v) is 3.16. The Morgan fingerprint density at radius 3 is 2.53 bits per heavy atom. The standard InChI is InChI=1S/C15H26FN3/c1-5-19(10-6-9-18(3)4)15-8-7-14(16)11-13(15)12-17-2/h7-8,11,17H,5-6,9-10,12H2,1-4H3. The van der Waals surface area contributed by atoms with Crippen LogP contribution in [-0.2, 0) is 6.54 Å². The van der Waals surface area contributed by atoms with Crippen LogP contribution in [0.15, 0.2) is 18.2 Å². The smallest absolute Gasteiger partial charge is 0.123 e. The van der Waals surface area contributed by atoms with Crippen molar-refractivity contribution in [3.63, 3.8) is 0 Å². The molecule has 0 aliphatic rings. The van der Waals surface area contributed by atoms with Gasteiger partial charge in [0.05, 0.1) is 0 Å². The Bertz CT molecular complexity index is 380. The van der Waals surface area contributed by atoms with Gasteiger partial charge in [0.2, 0.25) is 0 Å². The number of nitrogens with one attached hydrogen (secondary N) is 1. The summed E-state index contributed by atoms with van der Waals surface area (Å²) in [6.45, 7) is 5.84. The molecule has 19 heavy (non-hydrogen) atoms. The van der Waals surface area contributed by atoms with Gasteiger partial charge in [-0.3, -0.25) is 0 Å². The minimum Gasteiger partial charge on any atom is -0.372 e. The molecule has 0 aliphatic heterocycles. The molecule has 4 heteroatoms. The molecule has 0 saturated heterocycles. The number of rotatable bonds is 8. The van der Waals surface area contributed by atoms with E-state index in [1.54, 1.807) is 12.1 Å². The minimum atomic E-state index is -0.168. The zero-order chi connectivity index (χ0) is 14.3. The van der Waals surface area contributed by atoms with Gasteiger partial charge in [0.25, 0.3) is 0 Å². The Kier molecular flexibility index (Phi) is 6.81. The second-order valence-corrected chi connectivity index (χ2v) is 5.04. The topological polar surface area (TPSA) is 18.5 Å². The SMILES string of the molecule is CCN(CCCN(C)C)c1ccc(F)cc1CNC. The Labute approximate surface area is 116 Å². The summed E-state index contributed by atoms with van der Waals surface area (Å²) < 4.78 is 13.3. The summed E-state index contributed by atoms with van der Waals surface area (Å²) in [6.07, 6.45) is 1.11. The average molecular weight is 267 g/mol. The number of nitrogens with zero attached hydrogens (tertiary/aromatic N) is 2. The molecule has 1 rings (SSSR count). The number of hydrogen-bond donors (Lipinski definition) is 1. The molecule has 1 aromatic carbocycles. The summed E-state index contributed by atoms with van der Waals surface area (Å²) in [5.74, 6) is -0.168. The van der Waals surface area contributed by atoms with Crippen LogP contribution in [0.5, 0.6) is 0 Å². The summed E-state index contributed by atoms with van der Waals surface area (Å²) in [4.78, 5) is 4.50. The molecule has 0 bridgehead atoms. The summed E-state index contributed by atoms with van der Waals surface area (Å²) in [5.41, 5.74) is 2.16. The molecule has 0 atom stereocenters. The van der Waals surface area contributed by atoms with E-state index in [9.17, 15) is 4.39 Å². The Balaban J connectivity index is 2.78. The van der Waals surface area contributed by atoms with E-state index in [1.165, 1.54) is 0 Å². The first-order valence-electron chi connectivity index (χ1n) is 6.91. The fourth-order valence-electron chi connectivity index (χ4n) is 2.22. The van der Waals surface area contributed by atoms with Crippen molar-refractivity contribution in [2.75, 3.05) is 45.7 Å². The van der Waals surface area contributed by atoms with Crippen molar-refractivity contribution in [3.05, 3.63) is 29.6 Å². The quantitative estimate of drug-likeness (QED) is 0.780. The zero-order valence-electron chi connectivity index (χ0n) is 12.5. The number of halogens is 1. The fraction of sp³-hybridized carbons (Fsp3) is 0.600. The van der Waals surface area contributed by atoms with Crippen LogP contribution in [0.2, 0.25) is 0 Å². The van der Waals surface area contributed by atoms with Gasteiger partial charge in [-0.1, -0.05) is 0 Å². The molecule has 108 valence electrons. The van der Waals surface area contributed by atoms with Crippen molar-refractivity contribution in [2.45, 2.75) is 19.9 Å². The van der Waals surface area contributed by atoms with Gasteiger partial charge < -0.3 is 15.1 Å². The van der Waals surface area contributed by atoms with Crippen LogP contribution in [0.3, 0.4) is 0 Å². The van der Waals surface area contributed by atoms with Crippen molar-refractivity contribution >= 4 is 5.69 Å². The zero-order valence-corrected chi connectivity index (χ0v) is 12.5. The fourth-order valence-corrected chi connectivity index (χ4v) is 2.22. The lowest BCUT2D eigenvalue weighted by Gasteiger charge is -2.26. The van der Waals surface area contributed by atoms with Crippen LogP contribution in [0.25, 0.3) is 0 Å². The molecule has 0 radical (unpaired) electrons. The van der Waals surface area contributed by atoms with E-state index >= 15 is 0 Å². The molecule has 1 N–H and O–H groups in total. The molecule has 0 fully saturated rings. The molecule has 0 amide bonds. The largest absolute Gasteiger partial charge is 0.372 e. The van der Waals surface area contributed by atoms with Gasteiger partial charge >= 0.3 is 0 Å². The molecule has 0 heterocycles. The van der Waals surface area contributed by atoms with E-state index in [1.807, 2.05) is 13.1 Å². The number of anilines is 1. The van der Waals surface area contributed by atoms with Crippen LogP contribution in [0.1, 0.15) is 18.9 Å². The predicted octanol–water partition coefficient (Wildman–Crippen LogP) is 2.32. The highest BCUT2D eigenvalue weighted by Crippen LogP contribution is 2.22. The molecular formula is C15H26FN3. The van der Waals surface area contributed by atoms with Crippen molar-refractivity contribution in [2.24, 2.45) is 0 Å². The van der Waals surface area contributed by atoms with Crippen LogP contribution in [0.4, 0.5) is 10.1 Å². The first-order valence-corrected chi connectivity index (χ1v) is 6.91. The summed E-state index contributed by atoms with van der Waals surface area (Å²) in [7, 11) is 6.05. The van der Waals surface area contributed by atoms with E-state index in [0.717, 1.165) is 37.3 Å². The molecule has 0 spiro atoms. The minimum absolute atomic E-state index is 0.168. The van der Waals surface area contributed by atoms with Gasteiger partial charge in [0, 0.05) is 25.3 Å². The summed E-state index contributed by atoms with van der Waals surface area (Å²) in [5, 5.41) is 3.10. The molecule has 0 saturated carbocycles. The highest BCUT2D eigenvalue weighted by atomic mass is 19.1. The Morgan fingerprint density at radius 1 is 1.21 bits per heavy atom. The van der Waals surface area contributed by atoms with E-state index < -0.39 is 0 Å². The van der Waals surface area contributed by atoms with E-state index in [4.69, 9.17) is 0 Å². The van der Waals surface area contributed by atoms with Crippen LogP contribution in [-0.4, -0.2) is 45.7 Å². The van der Waals surface area contributed by atoms with Crippen molar-refractivity contribution in [3.8, 4) is 0 Å². The first kappa shape index (κ1) is 15.9. The lowest BCUT2D eigenvalue weighted by Crippen LogP contribution is -2.28. The van der Waals surface area contributed by atoms with Crippen molar-refractivity contribution in [1.29, 1.82) is 0 Å². The molecular weight excluding hydrogens is 241 g/mol. The third kappa shape index (κ3) is 5.17. The van der Waals surface area contributed by atoms with Crippen molar-refractivity contribution in [1.82, 2.24) is 10.2 Å².